The smallest absolute Gasteiger partial charge is 0.274 e. The highest BCUT2D eigenvalue weighted by atomic mass is 16.5. The van der Waals surface area contributed by atoms with Gasteiger partial charge >= 0.3 is 0 Å². The number of furan rings is 1. The number of aryl methyl sites for hydroxylation is 2. The second kappa shape index (κ2) is 9.67. The zero-order valence-electron chi connectivity index (χ0n) is 15.2. The second-order valence-electron chi connectivity index (χ2n) is 6.00. The normalized spacial score (nSPS) is 11.0. The molecular formula is C20H26N2O3. The average molecular weight is 342 g/mol. The third-order valence-electron chi connectivity index (χ3n) is 3.81. The van der Waals surface area contributed by atoms with Gasteiger partial charge < -0.3 is 9.15 Å². The van der Waals surface area contributed by atoms with Crippen molar-refractivity contribution >= 4 is 12.1 Å². The van der Waals surface area contributed by atoms with E-state index < -0.39 is 0 Å². The van der Waals surface area contributed by atoms with Crippen molar-refractivity contribution < 1.29 is 13.9 Å². The van der Waals surface area contributed by atoms with Gasteiger partial charge in [0.25, 0.3) is 5.91 Å². The van der Waals surface area contributed by atoms with Crippen LogP contribution in [-0.2, 0) is 0 Å². The first kappa shape index (κ1) is 18.8. The van der Waals surface area contributed by atoms with Crippen molar-refractivity contribution in [2.24, 2.45) is 5.10 Å². The Labute approximate surface area is 149 Å². The number of carbonyl (C=O) groups is 1. The number of ether oxygens (including phenoxy) is 1. The van der Waals surface area contributed by atoms with E-state index in [-0.39, 0.29) is 5.91 Å². The van der Waals surface area contributed by atoms with E-state index in [0.29, 0.717) is 17.1 Å². The number of nitrogens with zero attached hydrogens (tertiary/aromatic N) is 1. The Morgan fingerprint density at radius 3 is 2.60 bits per heavy atom. The Bertz CT molecular complexity index is 702. The summed E-state index contributed by atoms with van der Waals surface area (Å²) in [5.41, 5.74) is 3.90. The largest absolute Gasteiger partial charge is 0.494 e. The summed E-state index contributed by atoms with van der Waals surface area (Å²) < 4.78 is 11.0. The molecule has 2 rings (SSSR count). The van der Waals surface area contributed by atoms with E-state index in [4.69, 9.17) is 9.15 Å². The van der Waals surface area contributed by atoms with Crippen molar-refractivity contribution in [2.45, 2.75) is 46.5 Å². The van der Waals surface area contributed by atoms with Gasteiger partial charge in [-0.2, -0.15) is 5.10 Å². The molecule has 0 fully saturated rings. The third-order valence-corrected chi connectivity index (χ3v) is 3.81. The first-order valence-corrected chi connectivity index (χ1v) is 8.73. The quantitative estimate of drug-likeness (QED) is 0.411. The summed E-state index contributed by atoms with van der Waals surface area (Å²) in [6.07, 6.45) is 6.37. The number of hydrogen-bond donors (Lipinski definition) is 1. The number of carbonyl (C=O) groups excluding carboxylic acids is 1. The van der Waals surface area contributed by atoms with Gasteiger partial charge in [0, 0.05) is 0 Å². The van der Waals surface area contributed by atoms with Crippen LogP contribution in [0, 0.1) is 13.8 Å². The number of amides is 1. The highest BCUT2D eigenvalue weighted by Gasteiger charge is 2.12. The van der Waals surface area contributed by atoms with E-state index in [0.717, 1.165) is 24.3 Å². The van der Waals surface area contributed by atoms with Gasteiger partial charge in [-0.15, -0.1) is 0 Å². The first-order chi connectivity index (χ1) is 12.1. The van der Waals surface area contributed by atoms with Gasteiger partial charge in [-0.25, -0.2) is 5.43 Å². The van der Waals surface area contributed by atoms with Gasteiger partial charge in [-0.1, -0.05) is 26.2 Å². The molecular weight excluding hydrogens is 316 g/mol. The summed E-state index contributed by atoms with van der Waals surface area (Å²) in [6, 6.07) is 9.33. The maximum Gasteiger partial charge on any atom is 0.274 e. The van der Waals surface area contributed by atoms with E-state index >= 15 is 0 Å². The molecule has 0 aliphatic carbocycles. The minimum atomic E-state index is -0.280. The molecule has 2 aromatic rings. The van der Waals surface area contributed by atoms with Crippen molar-refractivity contribution in [1.82, 2.24) is 5.43 Å². The Morgan fingerprint density at radius 1 is 1.20 bits per heavy atom. The van der Waals surface area contributed by atoms with Crippen molar-refractivity contribution in [3.05, 3.63) is 53.0 Å². The Morgan fingerprint density at radius 2 is 1.96 bits per heavy atom. The summed E-state index contributed by atoms with van der Waals surface area (Å²) in [5, 5.41) is 3.99. The van der Waals surface area contributed by atoms with E-state index in [1.54, 1.807) is 26.1 Å². The van der Waals surface area contributed by atoms with Crippen LogP contribution in [0.5, 0.6) is 5.75 Å². The molecule has 1 amide bonds. The SMILES string of the molecule is CCCCCCOc1ccc(/C=N\NC(=O)c2cc(C)oc2C)cc1. The van der Waals surface area contributed by atoms with Gasteiger partial charge in [-0.3, -0.25) is 4.79 Å². The van der Waals surface area contributed by atoms with Crippen molar-refractivity contribution in [3.8, 4) is 5.75 Å². The lowest BCUT2D eigenvalue weighted by atomic mass is 10.2. The van der Waals surface area contributed by atoms with Gasteiger partial charge in [0.1, 0.15) is 17.3 Å². The first-order valence-electron chi connectivity index (χ1n) is 8.73. The lowest BCUT2D eigenvalue weighted by Crippen LogP contribution is -2.17. The molecule has 134 valence electrons. The highest BCUT2D eigenvalue weighted by molar-refractivity contribution is 5.95. The van der Waals surface area contributed by atoms with Crippen LogP contribution in [0.3, 0.4) is 0 Å². The Kier molecular flexibility index (Phi) is 7.26. The maximum absolute atomic E-state index is 12.0. The molecule has 0 saturated heterocycles. The lowest BCUT2D eigenvalue weighted by molar-refractivity contribution is 0.0953. The van der Waals surface area contributed by atoms with Gasteiger partial charge in [-0.05, 0) is 56.2 Å². The molecule has 0 radical (unpaired) electrons. The molecule has 0 spiro atoms. The number of unbranched alkanes of at least 4 members (excludes halogenated alkanes) is 3. The molecule has 0 unspecified atom stereocenters. The molecule has 0 bridgehead atoms. The van der Waals surface area contributed by atoms with Gasteiger partial charge in [0.15, 0.2) is 0 Å². The minimum absolute atomic E-state index is 0.280. The average Bonchev–Trinajstić information content (AvgIpc) is 2.94. The number of rotatable bonds is 9. The van der Waals surface area contributed by atoms with Crippen molar-refractivity contribution in [3.63, 3.8) is 0 Å². The molecule has 25 heavy (non-hydrogen) atoms. The zero-order valence-corrected chi connectivity index (χ0v) is 15.2. The third kappa shape index (κ3) is 6.10. The van der Waals surface area contributed by atoms with Crippen LogP contribution in [0.2, 0.25) is 0 Å². The van der Waals surface area contributed by atoms with Crippen molar-refractivity contribution in [2.75, 3.05) is 6.61 Å². The topological polar surface area (TPSA) is 63.8 Å². The van der Waals surface area contributed by atoms with Crippen LogP contribution in [0.15, 0.2) is 39.9 Å². The van der Waals surface area contributed by atoms with Crippen LogP contribution in [0.1, 0.15) is 60.0 Å². The summed E-state index contributed by atoms with van der Waals surface area (Å²) in [5.74, 6) is 1.86. The van der Waals surface area contributed by atoms with Crippen molar-refractivity contribution in [1.29, 1.82) is 0 Å². The molecule has 0 saturated carbocycles. The molecule has 5 heteroatoms. The molecule has 1 aromatic heterocycles. The van der Waals surface area contributed by atoms with Crippen LogP contribution < -0.4 is 10.2 Å². The fourth-order valence-corrected chi connectivity index (χ4v) is 2.45. The van der Waals surface area contributed by atoms with Crippen LogP contribution in [0.25, 0.3) is 0 Å². The van der Waals surface area contributed by atoms with Gasteiger partial charge in [0.2, 0.25) is 0 Å². The summed E-state index contributed by atoms with van der Waals surface area (Å²) >= 11 is 0. The Balaban J connectivity index is 1.79. The van der Waals surface area contributed by atoms with E-state index in [9.17, 15) is 4.79 Å². The zero-order chi connectivity index (χ0) is 18.1. The fourth-order valence-electron chi connectivity index (χ4n) is 2.45. The molecule has 0 atom stereocenters. The lowest BCUT2D eigenvalue weighted by Gasteiger charge is -2.05. The standard InChI is InChI=1S/C20H26N2O3/c1-4-5-6-7-12-24-18-10-8-17(9-11-18)14-21-22-20(23)19-13-15(2)25-16(19)3/h8-11,13-14H,4-7,12H2,1-3H3,(H,22,23)/b21-14-. The summed E-state index contributed by atoms with van der Waals surface area (Å²) in [7, 11) is 0. The van der Waals surface area contributed by atoms with E-state index in [2.05, 4.69) is 17.5 Å². The molecule has 0 aliphatic heterocycles. The van der Waals surface area contributed by atoms with Gasteiger partial charge in [0.05, 0.1) is 18.4 Å². The number of nitrogens with one attached hydrogen (secondary N) is 1. The van der Waals surface area contributed by atoms with E-state index in [1.807, 2.05) is 24.3 Å². The maximum atomic E-state index is 12.0. The predicted octanol–water partition coefficient (Wildman–Crippen LogP) is 4.62. The van der Waals surface area contributed by atoms with E-state index in [1.165, 1.54) is 19.3 Å². The minimum Gasteiger partial charge on any atom is -0.494 e. The highest BCUT2D eigenvalue weighted by Crippen LogP contribution is 2.14. The summed E-state index contributed by atoms with van der Waals surface area (Å²) in [6.45, 7) is 6.50. The Hall–Kier alpha value is -2.56. The molecule has 5 nitrogen and oxygen atoms in total. The summed E-state index contributed by atoms with van der Waals surface area (Å²) in [4.78, 5) is 12.0. The monoisotopic (exact) mass is 342 g/mol. The second-order valence-corrected chi connectivity index (χ2v) is 6.00. The molecule has 1 heterocycles. The number of benzene rings is 1. The van der Waals surface area contributed by atoms with Crippen LogP contribution >= 0.6 is 0 Å². The number of hydrazone groups is 1. The molecule has 1 N–H and O–H groups in total. The van der Waals surface area contributed by atoms with Crippen LogP contribution in [0.4, 0.5) is 0 Å². The predicted molar refractivity (Wildman–Crippen MR) is 99.3 cm³/mol. The fraction of sp³-hybridized carbons (Fsp3) is 0.400. The number of hydrogen-bond acceptors (Lipinski definition) is 4. The molecule has 0 aliphatic rings. The van der Waals surface area contributed by atoms with Crippen LogP contribution in [-0.4, -0.2) is 18.7 Å². The molecule has 1 aromatic carbocycles.